The van der Waals surface area contributed by atoms with Crippen LogP contribution >= 0.6 is 0 Å². The van der Waals surface area contributed by atoms with Crippen LogP contribution in [0.1, 0.15) is 19.8 Å². The van der Waals surface area contributed by atoms with Crippen LogP contribution in [0.15, 0.2) is 0 Å². The van der Waals surface area contributed by atoms with Gasteiger partial charge in [0.2, 0.25) is 0 Å². The van der Waals surface area contributed by atoms with Crippen molar-refractivity contribution in [2.75, 3.05) is 13.7 Å². The van der Waals surface area contributed by atoms with Gasteiger partial charge >= 0.3 is 0 Å². The number of methoxy groups -OCH3 is 1. The molecule has 1 aliphatic rings. The molecule has 1 rings (SSSR count). The second-order valence-electron chi connectivity index (χ2n) is 3.89. The van der Waals surface area contributed by atoms with Crippen LogP contribution in [0, 0.1) is 5.92 Å². The Morgan fingerprint density at radius 3 is 2.40 bits per heavy atom. The number of rotatable bonds is 4. The Kier molecular flexibility index (Phi) is 4.95. The van der Waals surface area contributed by atoms with Crippen LogP contribution in [0.4, 0.5) is 0 Å². The zero-order valence-corrected chi connectivity index (χ0v) is 9.17. The summed E-state index contributed by atoms with van der Waals surface area (Å²) in [6.45, 7) is 1.67. The molecular formula is C10H20O5. The summed E-state index contributed by atoms with van der Waals surface area (Å²) in [6.07, 6.45) is -1.67. The first-order chi connectivity index (χ1) is 7.15. The summed E-state index contributed by atoms with van der Waals surface area (Å²) < 4.78 is 10.5. The molecule has 0 radical (unpaired) electrons. The summed E-state index contributed by atoms with van der Waals surface area (Å²) in [6, 6.07) is 0. The highest BCUT2D eigenvalue weighted by Gasteiger charge is 2.43. The van der Waals surface area contributed by atoms with Gasteiger partial charge in [-0.2, -0.15) is 0 Å². The molecule has 0 unspecified atom stereocenters. The third-order valence-electron chi connectivity index (χ3n) is 2.86. The summed E-state index contributed by atoms with van der Waals surface area (Å²) in [5.41, 5.74) is 0. The van der Waals surface area contributed by atoms with Crippen molar-refractivity contribution in [2.45, 2.75) is 44.4 Å². The van der Waals surface area contributed by atoms with E-state index in [2.05, 4.69) is 0 Å². The molecule has 1 aliphatic heterocycles. The lowest BCUT2D eigenvalue weighted by Gasteiger charge is -2.41. The number of hydrogen-bond acceptors (Lipinski definition) is 5. The summed E-state index contributed by atoms with van der Waals surface area (Å²) in [5.74, 6) is -0.238. The maximum atomic E-state index is 9.85. The van der Waals surface area contributed by atoms with E-state index in [0.717, 1.165) is 12.8 Å². The molecular weight excluding hydrogens is 200 g/mol. The van der Waals surface area contributed by atoms with Gasteiger partial charge in [0.1, 0.15) is 12.2 Å². The van der Waals surface area contributed by atoms with Gasteiger partial charge in [0.05, 0.1) is 12.7 Å². The maximum Gasteiger partial charge on any atom is 0.163 e. The Balaban J connectivity index is 2.70. The topological polar surface area (TPSA) is 79.2 Å². The van der Waals surface area contributed by atoms with Crippen molar-refractivity contribution in [2.24, 2.45) is 5.92 Å². The molecule has 0 amide bonds. The monoisotopic (exact) mass is 220 g/mol. The lowest BCUT2D eigenvalue weighted by atomic mass is 9.88. The fraction of sp³-hybridized carbons (Fsp3) is 1.00. The summed E-state index contributed by atoms with van der Waals surface area (Å²) in [4.78, 5) is 0. The predicted octanol–water partition coefficient (Wildman–Crippen LogP) is -0.512. The van der Waals surface area contributed by atoms with E-state index in [1.54, 1.807) is 0 Å². The van der Waals surface area contributed by atoms with Crippen LogP contribution in [0.5, 0.6) is 0 Å². The van der Waals surface area contributed by atoms with Crippen molar-refractivity contribution in [3.05, 3.63) is 0 Å². The first-order valence-corrected chi connectivity index (χ1v) is 5.30. The lowest BCUT2D eigenvalue weighted by molar-refractivity contribution is -0.279. The zero-order valence-electron chi connectivity index (χ0n) is 9.17. The number of aliphatic hydroxyl groups excluding tert-OH is 3. The molecule has 1 saturated heterocycles. The van der Waals surface area contributed by atoms with Crippen LogP contribution in [0.2, 0.25) is 0 Å². The van der Waals surface area contributed by atoms with Gasteiger partial charge in [0.15, 0.2) is 6.29 Å². The number of hydrogen-bond donors (Lipinski definition) is 3. The molecule has 90 valence electrons. The molecule has 0 aromatic carbocycles. The van der Waals surface area contributed by atoms with Gasteiger partial charge in [-0.3, -0.25) is 0 Å². The Morgan fingerprint density at radius 1 is 1.27 bits per heavy atom. The molecule has 5 heteroatoms. The molecule has 0 aromatic rings. The van der Waals surface area contributed by atoms with Crippen LogP contribution in [0.3, 0.4) is 0 Å². The molecule has 0 bridgehead atoms. The molecule has 3 N–H and O–H groups in total. The molecule has 0 spiro atoms. The van der Waals surface area contributed by atoms with Gasteiger partial charge < -0.3 is 24.8 Å². The average Bonchev–Trinajstić information content (AvgIpc) is 2.25. The molecule has 5 nitrogen and oxygen atoms in total. The van der Waals surface area contributed by atoms with Crippen molar-refractivity contribution in [1.29, 1.82) is 0 Å². The Hall–Kier alpha value is -0.200. The standard InChI is InChI=1S/C10H20O5/c1-3-4-6-8(12)9(13)7(5-11)15-10(6)14-2/h6-13H,3-5H2,1-2H3/t6-,7-,8-,9-,10+/m1/s1. The normalized spacial score (nSPS) is 41.8. The summed E-state index contributed by atoms with van der Waals surface area (Å²) in [5, 5.41) is 28.5. The van der Waals surface area contributed by atoms with E-state index in [0.29, 0.717) is 0 Å². The zero-order chi connectivity index (χ0) is 11.4. The van der Waals surface area contributed by atoms with Gasteiger partial charge in [0, 0.05) is 13.0 Å². The fourth-order valence-electron chi connectivity index (χ4n) is 2.01. The minimum Gasteiger partial charge on any atom is -0.394 e. The highest BCUT2D eigenvalue weighted by Crippen LogP contribution is 2.29. The van der Waals surface area contributed by atoms with Crippen molar-refractivity contribution in [3.63, 3.8) is 0 Å². The van der Waals surface area contributed by atoms with Crippen molar-refractivity contribution >= 4 is 0 Å². The van der Waals surface area contributed by atoms with E-state index in [9.17, 15) is 10.2 Å². The van der Waals surface area contributed by atoms with Gasteiger partial charge in [-0.1, -0.05) is 13.3 Å². The quantitative estimate of drug-likeness (QED) is 0.594. The minimum atomic E-state index is -1.04. The molecule has 0 saturated carbocycles. The van der Waals surface area contributed by atoms with Crippen molar-refractivity contribution < 1.29 is 24.8 Å². The van der Waals surface area contributed by atoms with E-state index >= 15 is 0 Å². The van der Waals surface area contributed by atoms with E-state index in [4.69, 9.17) is 14.6 Å². The predicted molar refractivity (Wildman–Crippen MR) is 53.2 cm³/mol. The third-order valence-corrected chi connectivity index (χ3v) is 2.86. The number of ether oxygens (including phenoxy) is 2. The first kappa shape index (κ1) is 12.9. The third kappa shape index (κ3) is 2.68. The van der Waals surface area contributed by atoms with Crippen LogP contribution < -0.4 is 0 Å². The molecule has 0 aliphatic carbocycles. The van der Waals surface area contributed by atoms with E-state index in [1.807, 2.05) is 6.92 Å². The Bertz CT molecular complexity index is 185. The summed E-state index contributed by atoms with van der Waals surface area (Å²) >= 11 is 0. The first-order valence-electron chi connectivity index (χ1n) is 5.30. The molecule has 5 atom stereocenters. The highest BCUT2D eigenvalue weighted by atomic mass is 16.7. The fourth-order valence-corrected chi connectivity index (χ4v) is 2.01. The SMILES string of the molecule is CCC[C@H]1[C@@H](OC)O[C@H](CO)[C@@H](O)[C@@H]1O. The van der Waals surface area contributed by atoms with Crippen LogP contribution in [-0.4, -0.2) is 53.6 Å². The molecule has 1 heterocycles. The Labute approximate surface area is 89.6 Å². The molecule has 1 fully saturated rings. The largest absolute Gasteiger partial charge is 0.394 e. The van der Waals surface area contributed by atoms with Crippen molar-refractivity contribution in [3.8, 4) is 0 Å². The molecule has 0 aromatic heterocycles. The highest BCUT2D eigenvalue weighted by molar-refractivity contribution is 4.88. The van der Waals surface area contributed by atoms with Gasteiger partial charge in [-0.25, -0.2) is 0 Å². The second-order valence-corrected chi connectivity index (χ2v) is 3.89. The van der Waals surface area contributed by atoms with Gasteiger partial charge in [-0.15, -0.1) is 0 Å². The van der Waals surface area contributed by atoms with E-state index in [1.165, 1.54) is 7.11 Å². The van der Waals surface area contributed by atoms with Crippen LogP contribution in [0.25, 0.3) is 0 Å². The van der Waals surface area contributed by atoms with Crippen molar-refractivity contribution in [1.82, 2.24) is 0 Å². The Morgan fingerprint density at radius 2 is 1.93 bits per heavy atom. The maximum absolute atomic E-state index is 9.85. The summed E-state index contributed by atoms with van der Waals surface area (Å²) in [7, 11) is 1.49. The molecule has 15 heavy (non-hydrogen) atoms. The van der Waals surface area contributed by atoms with E-state index in [-0.39, 0.29) is 12.5 Å². The van der Waals surface area contributed by atoms with E-state index < -0.39 is 24.6 Å². The minimum absolute atomic E-state index is 0.238. The van der Waals surface area contributed by atoms with Gasteiger partial charge in [0.25, 0.3) is 0 Å². The smallest absolute Gasteiger partial charge is 0.163 e. The van der Waals surface area contributed by atoms with Gasteiger partial charge in [-0.05, 0) is 6.42 Å². The van der Waals surface area contributed by atoms with Crippen LogP contribution in [-0.2, 0) is 9.47 Å². The second kappa shape index (κ2) is 5.77. The number of aliphatic hydroxyl groups is 3. The lowest BCUT2D eigenvalue weighted by Crippen LogP contribution is -2.56. The average molecular weight is 220 g/mol.